The highest BCUT2D eigenvalue weighted by atomic mass is 16.1. The van der Waals surface area contributed by atoms with Crippen molar-refractivity contribution in [2.45, 2.75) is 5.92 Å². The molecule has 1 aliphatic carbocycles. The highest BCUT2D eigenvalue weighted by Gasteiger charge is 2.18. The molecular formula is C14H10O. The van der Waals surface area contributed by atoms with Gasteiger partial charge in [0.2, 0.25) is 0 Å². The summed E-state index contributed by atoms with van der Waals surface area (Å²) in [5.74, 6) is -0.0638. The molecule has 3 rings (SSSR count). The standard InChI is InChI=1S/C14H10O/c15-9-12-8-7-11-6-5-10-3-1-2-4-13(10)14(11)12/h1-9,12H. The van der Waals surface area contributed by atoms with E-state index in [0.29, 0.717) is 0 Å². The molecule has 2 aromatic rings. The van der Waals surface area contributed by atoms with Crippen LogP contribution >= 0.6 is 0 Å². The Morgan fingerprint density at radius 2 is 1.93 bits per heavy atom. The molecule has 0 heterocycles. The second kappa shape index (κ2) is 3.06. The summed E-state index contributed by atoms with van der Waals surface area (Å²) in [6, 6.07) is 12.4. The lowest BCUT2D eigenvalue weighted by Gasteiger charge is -2.08. The number of hydrogen-bond donors (Lipinski definition) is 0. The number of fused-ring (bicyclic) bond motifs is 3. The molecule has 1 nitrogen and oxygen atoms in total. The van der Waals surface area contributed by atoms with Gasteiger partial charge in [0, 0.05) is 0 Å². The summed E-state index contributed by atoms with van der Waals surface area (Å²) >= 11 is 0. The SMILES string of the molecule is O=CC1C=Cc2ccc3ccccc3c21. The molecule has 1 unspecified atom stereocenters. The molecule has 0 radical (unpaired) electrons. The van der Waals surface area contributed by atoms with Crippen LogP contribution < -0.4 is 0 Å². The van der Waals surface area contributed by atoms with Gasteiger partial charge in [-0.3, -0.25) is 0 Å². The minimum absolute atomic E-state index is 0.0638. The lowest BCUT2D eigenvalue weighted by atomic mass is 9.95. The summed E-state index contributed by atoms with van der Waals surface area (Å²) in [5, 5.41) is 2.39. The molecule has 0 N–H and O–H groups in total. The van der Waals surface area contributed by atoms with Crippen molar-refractivity contribution in [1.29, 1.82) is 0 Å². The largest absolute Gasteiger partial charge is 0.302 e. The van der Waals surface area contributed by atoms with Crippen molar-refractivity contribution in [1.82, 2.24) is 0 Å². The Hall–Kier alpha value is -1.89. The highest BCUT2D eigenvalue weighted by molar-refractivity contribution is 5.94. The number of benzene rings is 2. The average molecular weight is 194 g/mol. The Bertz CT molecular complexity index is 567. The van der Waals surface area contributed by atoms with Gasteiger partial charge in [0.1, 0.15) is 6.29 Å². The van der Waals surface area contributed by atoms with Gasteiger partial charge in [0.25, 0.3) is 0 Å². The Labute approximate surface area is 88.0 Å². The van der Waals surface area contributed by atoms with Crippen LogP contribution in [-0.2, 0) is 4.79 Å². The average Bonchev–Trinajstić information content (AvgIpc) is 2.72. The van der Waals surface area contributed by atoms with Crippen LogP contribution in [0.3, 0.4) is 0 Å². The van der Waals surface area contributed by atoms with Crippen LogP contribution in [0.5, 0.6) is 0 Å². The van der Waals surface area contributed by atoms with Gasteiger partial charge >= 0.3 is 0 Å². The van der Waals surface area contributed by atoms with E-state index in [2.05, 4.69) is 24.3 Å². The fraction of sp³-hybridized carbons (Fsp3) is 0.0714. The van der Waals surface area contributed by atoms with E-state index in [1.54, 1.807) is 0 Å². The molecule has 1 heteroatoms. The summed E-state index contributed by atoms with van der Waals surface area (Å²) < 4.78 is 0. The molecule has 1 aliphatic rings. The molecule has 0 saturated heterocycles. The van der Waals surface area contributed by atoms with Crippen LogP contribution in [0.2, 0.25) is 0 Å². The Balaban J connectivity index is 2.40. The molecular weight excluding hydrogens is 184 g/mol. The third-order valence-corrected chi connectivity index (χ3v) is 2.97. The number of hydrogen-bond acceptors (Lipinski definition) is 1. The quantitative estimate of drug-likeness (QED) is 0.637. The van der Waals surface area contributed by atoms with Gasteiger partial charge in [-0.25, -0.2) is 0 Å². The Morgan fingerprint density at radius 3 is 2.80 bits per heavy atom. The molecule has 0 spiro atoms. The van der Waals surface area contributed by atoms with E-state index >= 15 is 0 Å². The predicted molar refractivity (Wildman–Crippen MR) is 61.8 cm³/mol. The monoisotopic (exact) mass is 194 g/mol. The number of carbonyl (C=O) groups excluding carboxylic acids is 1. The van der Waals surface area contributed by atoms with Gasteiger partial charge in [0.15, 0.2) is 0 Å². The predicted octanol–water partition coefficient (Wildman–Crippen LogP) is 3.15. The van der Waals surface area contributed by atoms with E-state index < -0.39 is 0 Å². The fourth-order valence-electron chi connectivity index (χ4n) is 2.25. The van der Waals surface area contributed by atoms with Crippen molar-refractivity contribution < 1.29 is 4.79 Å². The second-order valence-corrected chi connectivity index (χ2v) is 3.81. The van der Waals surface area contributed by atoms with Gasteiger partial charge in [0.05, 0.1) is 5.92 Å². The van der Waals surface area contributed by atoms with Gasteiger partial charge in [-0.2, -0.15) is 0 Å². The summed E-state index contributed by atoms with van der Waals surface area (Å²) in [4.78, 5) is 11.0. The van der Waals surface area contributed by atoms with E-state index in [-0.39, 0.29) is 5.92 Å². The van der Waals surface area contributed by atoms with Crippen molar-refractivity contribution in [3.63, 3.8) is 0 Å². The number of rotatable bonds is 1. The van der Waals surface area contributed by atoms with E-state index in [9.17, 15) is 4.79 Å². The number of aldehydes is 1. The molecule has 1 atom stereocenters. The van der Waals surface area contributed by atoms with Crippen molar-refractivity contribution in [3.05, 3.63) is 53.6 Å². The van der Waals surface area contributed by atoms with E-state index in [0.717, 1.165) is 11.8 Å². The smallest absolute Gasteiger partial charge is 0.131 e. The van der Waals surface area contributed by atoms with Crippen molar-refractivity contribution in [2.75, 3.05) is 0 Å². The first-order chi connectivity index (χ1) is 7.40. The summed E-state index contributed by atoms with van der Waals surface area (Å²) in [6.45, 7) is 0. The van der Waals surface area contributed by atoms with Crippen molar-refractivity contribution in [2.24, 2.45) is 0 Å². The first-order valence-electron chi connectivity index (χ1n) is 5.05. The lowest BCUT2D eigenvalue weighted by Crippen LogP contribution is -1.95. The summed E-state index contributed by atoms with van der Waals surface area (Å²) in [6.07, 6.45) is 5.00. The van der Waals surface area contributed by atoms with Crippen LogP contribution in [0.1, 0.15) is 17.0 Å². The molecule has 2 aromatic carbocycles. The maximum absolute atomic E-state index is 11.0. The third-order valence-electron chi connectivity index (χ3n) is 2.97. The molecule has 0 bridgehead atoms. The third kappa shape index (κ3) is 1.13. The van der Waals surface area contributed by atoms with Gasteiger partial charge in [-0.1, -0.05) is 48.6 Å². The second-order valence-electron chi connectivity index (χ2n) is 3.81. The topological polar surface area (TPSA) is 17.1 Å². The Kier molecular flexibility index (Phi) is 1.72. The van der Waals surface area contributed by atoms with E-state index in [1.807, 2.05) is 24.3 Å². The molecule has 0 amide bonds. The molecule has 0 saturated carbocycles. The normalized spacial score (nSPS) is 18.0. The summed E-state index contributed by atoms with van der Waals surface area (Å²) in [5.41, 5.74) is 2.33. The maximum Gasteiger partial charge on any atom is 0.131 e. The Morgan fingerprint density at radius 1 is 1.07 bits per heavy atom. The highest BCUT2D eigenvalue weighted by Crippen LogP contribution is 2.34. The number of allylic oxidation sites excluding steroid dienone is 1. The van der Waals surface area contributed by atoms with Crippen LogP contribution in [0, 0.1) is 0 Å². The van der Waals surface area contributed by atoms with Crippen LogP contribution in [0.4, 0.5) is 0 Å². The summed E-state index contributed by atoms with van der Waals surface area (Å²) in [7, 11) is 0. The van der Waals surface area contributed by atoms with Gasteiger partial charge in [-0.15, -0.1) is 0 Å². The minimum atomic E-state index is -0.0638. The zero-order chi connectivity index (χ0) is 10.3. The van der Waals surface area contributed by atoms with Crippen molar-refractivity contribution in [3.8, 4) is 0 Å². The van der Waals surface area contributed by atoms with Crippen LogP contribution in [-0.4, -0.2) is 6.29 Å². The van der Waals surface area contributed by atoms with Gasteiger partial charge in [-0.05, 0) is 21.9 Å². The molecule has 0 aromatic heterocycles. The zero-order valence-corrected chi connectivity index (χ0v) is 8.18. The number of carbonyl (C=O) groups is 1. The minimum Gasteiger partial charge on any atom is -0.302 e. The fourth-order valence-corrected chi connectivity index (χ4v) is 2.25. The molecule has 0 aliphatic heterocycles. The molecule has 0 fully saturated rings. The van der Waals surface area contributed by atoms with Gasteiger partial charge < -0.3 is 4.79 Å². The first kappa shape index (κ1) is 8.42. The first-order valence-corrected chi connectivity index (χ1v) is 5.05. The van der Waals surface area contributed by atoms with Crippen LogP contribution in [0.15, 0.2) is 42.5 Å². The lowest BCUT2D eigenvalue weighted by molar-refractivity contribution is -0.108. The molecule has 72 valence electrons. The zero-order valence-electron chi connectivity index (χ0n) is 8.18. The van der Waals surface area contributed by atoms with E-state index in [4.69, 9.17) is 0 Å². The maximum atomic E-state index is 11.0. The molecule has 15 heavy (non-hydrogen) atoms. The van der Waals surface area contributed by atoms with Crippen molar-refractivity contribution >= 4 is 23.1 Å². The van der Waals surface area contributed by atoms with E-state index in [1.165, 1.54) is 16.3 Å². The van der Waals surface area contributed by atoms with Crippen LogP contribution in [0.25, 0.3) is 16.8 Å².